The molecule has 1 aliphatic rings. The molecule has 0 aliphatic heterocycles. The summed E-state index contributed by atoms with van der Waals surface area (Å²) in [6.07, 6.45) is 6.53. The van der Waals surface area contributed by atoms with Crippen LogP contribution < -0.4 is 5.73 Å². The van der Waals surface area contributed by atoms with Crippen molar-refractivity contribution < 1.29 is 14.7 Å². The third-order valence-corrected chi connectivity index (χ3v) is 1.86. The molecule has 0 saturated carbocycles. The Morgan fingerprint density at radius 1 is 1.54 bits per heavy atom. The molecule has 0 spiro atoms. The van der Waals surface area contributed by atoms with Gasteiger partial charge in [0, 0.05) is 0 Å². The van der Waals surface area contributed by atoms with Crippen LogP contribution >= 0.6 is 0 Å². The zero-order chi connectivity index (χ0) is 9.84. The predicted molar refractivity (Wildman–Crippen MR) is 47.0 cm³/mol. The first kappa shape index (κ1) is 9.67. The lowest BCUT2D eigenvalue weighted by molar-refractivity contribution is -0.138. The number of carboxylic acid groups (broad SMARTS) is 1. The van der Waals surface area contributed by atoms with Crippen LogP contribution in [-0.2, 0) is 9.59 Å². The number of carboxylic acids is 1. The van der Waals surface area contributed by atoms with E-state index in [-0.39, 0.29) is 11.7 Å². The Bertz CT molecular complexity index is 265. The Balaban J connectivity index is 2.48. The second kappa shape index (κ2) is 4.00. The summed E-state index contributed by atoms with van der Waals surface area (Å²) in [6.45, 7) is 0. The molecule has 1 rings (SSSR count). The van der Waals surface area contributed by atoms with Crippen molar-refractivity contribution in [2.24, 2.45) is 11.7 Å². The number of nitrogens with two attached hydrogens (primary N) is 1. The molecule has 0 aromatic rings. The van der Waals surface area contributed by atoms with Crippen LogP contribution in [0.4, 0.5) is 0 Å². The van der Waals surface area contributed by atoms with E-state index >= 15 is 0 Å². The minimum atomic E-state index is -1.02. The van der Waals surface area contributed by atoms with Gasteiger partial charge in [0.1, 0.15) is 6.04 Å². The molecule has 4 heteroatoms. The van der Waals surface area contributed by atoms with Gasteiger partial charge in [0.15, 0.2) is 5.78 Å². The van der Waals surface area contributed by atoms with Gasteiger partial charge in [0.05, 0.1) is 0 Å². The van der Waals surface area contributed by atoms with Gasteiger partial charge in [0.2, 0.25) is 0 Å². The standard InChI is InChI=1S/C9H11NO3/c10-8(9(12)13)5-6-1-3-7(11)4-2-6/h1-4,6,8H,5,10H2,(H,12,13). The van der Waals surface area contributed by atoms with Crippen LogP contribution in [0, 0.1) is 5.92 Å². The molecule has 0 fully saturated rings. The quantitative estimate of drug-likeness (QED) is 0.647. The van der Waals surface area contributed by atoms with E-state index in [1.54, 1.807) is 12.2 Å². The highest BCUT2D eigenvalue weighted by molar-refractivity contribution is 6.00. The number of hydrogen-bond acceptors (Lipinski definition) is 3. The maximum absolute atomic E-state index is 10.7. The third-order valence-electron chi connectivity index (χ3n) is 1.86. The van der Waals surface area contributed by atoms with Crippen LogP contribution in [-0.4, -0.2) is 22.9 Å². The number of hydrogen-bond donors (Lipinski definition) is 2. The predicted octanol–water partition coefficient (Wildman–Crippen LogP) is 0.0997. The highest BCUT2D eigenvalue weighted by Crippen LogP contribution is 2.13. The fraction of sp³-hybridized carbons (Fsp3) is 0.333. The first-order chi connectivity index (χ1) is 6.09. The van der Waals surface area contributed by atoms with E-state index in [1.807, 2.05) is 0 Å². The molecule has 0 aromatic carbocycles. The van der Waals surface area contributed by atoms with Gasteiger partial charge in [-0.1, -0.05) is 12.2 Å². The van der Waals surface area contributed by atoms with Gasteiger partial charge in [-0.05, 0) is 24.5 Å². The molecular formula is C9H11NO3. The Morgan fingerprint density at radius 3 is 2.54 bits per heavy atom. The van der Waals surface area contributed by atoms with Crippen LogP contribution in [0.2, 0.25) is 0 Å². The lowest BCUT2D eigenvalue weighted by Gasteiger charge is -2.12. The van der Waals surface area contributed by atoms with Crippen LogP contribution in [0.1, 0.15) is 6.42 Å². The van der Waals surface area contributed by atoms with E-state index in [4.69, 9.17) is 10.8 Å². The van der Waals surface area contributed by atoms with Crippen molar-refractivity contribution in [3.05, 3.63) is 24.3 Å². The summed E-state index contributed by atoms with van der Waals surface area (Å²) in [5, 5.41) is 8.52. The molecule has 3 N–H and O–H groups in total. The normalized spacial score (nSPS) is 19.0. The van der Waals surface area contributed by atoms with Gasteiger partial charge in [0.25, 0.3) is 0 Å². The molecule has 70 valence electrons. The molecule has 1 aliphatic carbocycles. The average Bonchev–Trinajstić information content (AvgIpc) is 2.08. The second-order valence-electron chi connectivity index (χ2n) is 2.96. The lowest BCUT2D eigenvalue weighted by atomic mass is 9.95. The zero-order valence-corrected chi connectivity index (χ0v) is 7.01. The van der Waals surface area contributed by atoms with Gasteiger partial charge < -0.3 is 10.8 Å². The smallest absolute Gasteiger partial charge is 0.320 e. The first-order valence-electron chi connectivity index (χ1n) is 3.98. The molecule has 0 radical (unpaired) electrons. The Hall–Kier alpha value is -1.42. The molecule has 1 unspecified atom stereocenters. The minimum Gasteiger partial charge on any atom is -0.480 e. The van der Waals surface area contributed by atoms with Gasteiger partial charge in [-0.2, -0.15) is 0 Å². The molecule has 4 nitrogen and oxygen atoms in total. The number of ketones is 1. The van der Waals surface area contributed by atoms with Gasteiger partial charge in [-0.3, -0.25) is 9.59 Å². The van der Waals surface area contributed by atoms with E-state index < -0.39 is 12.0 Å². The molecule has 0 bridgehead atoms. The van der Waals surface area contributed by atoms with E-state index in [1.165, 1.54) is 12.2 Å². The molecule has 13 heavy (non-hydrogen) atoms. The maximum atomic E-state index is 10.7. The SMILES string of the molecule is NC(CC1C=CC(=O)C=C1)C(=O)O. The van der Waals surface area contributed by atoms with Crippen molar-refractivity contribution in [3.8, 4) is 0 Å². The van der Waals surface area contributed by atoms with Crippen LogP contribution in [0.5, 0.6) is 0 Å². The van der Waals surface area contributed by atoms with Crippen LogP contribution in [0.15, 0.2) is 24.3 Å². The highest BCUT2D eigenvalue weighted by Gasteiger charge is 2.16. The minimum absolute atomic E-state index is 0.0381. The van der Waals surface area contributed by atoms with Crippen molar-refractivity contribution in [1.29, 1.82) is 0 Å². The van der Waals surface area contributed by atoms with Gasteiger partial charge in [-0.15, -0.1) is 0 Å². The van der Waals surface area contributed by atoms with Crippen molar-refractivity contribution in [2.75, 3.05) is 0 Å². The van der Waals surface area contributed by atoms with E-state index in [0.29, 0.717) is 6.42 Å². The number of carbonyl (C=O) groups is 2. The average molecular weight is 181 g/mol. The van der Waals surface area contributed by atoms with Crippen molar-refractivity contribution in [3.63, 3.8) is 0 Å². The van der Waals surface area contributed by atoms with Crippen LogP contribution in [0.25, 0.3) is 0 Å². The number of rotatable bonds is 3. The van der Waals surface area contributed by atoms with Gasteiger partial charge in [-0.25, -0.2) is 0 Å². The molecular weight excluding hydrogens is 170 g/mol. The second-order valence-corrected chi connectivity index (χ2v) is 2.96. The maximum Gasteiger partial charge on any atom is 0.320 e. The summed E-state index contributed by atoms with van der Waals surface area (Å²) in [6, 6.07) is -0.868. The topological polar surface area (TPSA) is 80.4 Å². The highest BCUT2D eigenvalue weighted by atomic mass is 16.4. The van der Waals surface area contributed by atoms with Crippen molar-refractivity contribution in [1.82, 2.24) is 0 Å². The Kier molecular flexibility index (Phi) is 2.97. The molecule has 0 amide bonds. The Labute approximate surface area is 75.7 Å². The summed E-state index contributed by atoms with van der Waals surface area (Å²) in [4.78, 5) is 21.1. The number of carbonyl (C=O) groups excluding carboxylic acids is 1. The van der Waals surface area contributed by atoms with Crippen molar-refractivity contribution >= 4 is 11.8 Å². The van der Waals surface area contributed by atoms with E-state index in [2.05, 4.69) is 0 Å². The molecule has 0 aromatic heterocycles. The molecule has 0 heterocycles. The third kappa shape index (κ3) is 2.83. The number of allylic oxidation sites excluding steroid dienone is 4. The molecule has 0 saturated heterocycles. The van der Waals surface area contributed by atoms with E-state index in [0.717, 1.165) is 0 Å². The monoisotopic (exact) mass is 181 g/mol. The lowest BCUT2D eigenvalue weighted by Crippen LogP contribution is -2.32. The molecule has 1 atom stereocenters. The summed E-state index contributed by atoms with van der Waals surface area (Å²) < 4.78 is 0. The summed E-state index contributed by atoms with van der Waals surface area (Å²) in [7, 11) is 0. The van der Waals surface area contributed by atoms with Gasteiger partial charge >= 0.3 is 5.97 Å². The largest absolute Gasteiger partial charge is 0.480 e. The first-order valence-corrected chi connectivity index (χ1v) is 3.98. The fourth-order valence-electron chi connectivity index (χ4n) is 1.11. The van der Waals surface area contributed by atoms with Crippen molar-refractivity contribution in [2.45, 2.75) is 12.5 Å². The summed E-state index contributed by atoms with van der Waals surface area (Å²) in [5.41, 5.74) is 5.33. The Morgan fingerprint density at radius 2 is 2.08 bits per heavy atom. The fourth-order valence-corrected chi connectivity index (χ4v) is 1.11. The summed E-state index contributed by atoms with van der Waals surface area (Å²) in [5.74, 6) is -1.12. The van der Waals surface area contributed by atoms with Crippen LogP contribution in [0.3, 0.4) is 0 Å². The zero-order valence-electron chi connectivity index (χ0n) is 7.01. The summed E-state index contributed by atoms with van der Waals surface area (Å²) >= 11 is 0. The van der Waals surface area contributed by atoms with E-state index in [9.17, 15) is 9.59 Å². The number of aliphatic carboxylic acids is 1.